The lowest BCUT2D eigenvalue weighted by atomic mass is 10.2. The molecule has 0 aliphatic carbocycles. The minimum atomic E-state index is 0.569. The summed E-state index contributed by atoms with van der Waals surface area (Å²) >= 11 is 0. The summed E-state index contributed by atoms with van der Waals surface area (Å²) in [4.78, 5) is 8.76. The molecular weight excluding hydrogens is 282 g/mol. The van der Waals surface area contributed by atoms with Crippen molar-refractivity contribution >= 4 is 22.6 Å². The highest BCUT2D eigenvalue weighted by Gasteiger charge is 2.13. The minimum Gasteiger partial charge on any atom is -0.497 e. The number of ether oxygens (including phenoxy) is 2. The highest BCUT2D eigenvalue weighted by molar-refractivity contribution is 5.89. The number of rotatable bonds is 4. The standard InChI is InChI=1S/C16H17N3O3/c1-9-7-12-15(17-10(2)18-16(12)22-9)19-13-6-5-11(20-3)8-14(13)21-4/h5-8H,1-4H3,(H,17,18,19). The Labute approximate surface area is 128 Å². The van der Waals surface area contributed by atoms with E-state index in [-0.39, 0.29) is 0 Å². The smallest absolute Gasteiger partial charge is 0.231 e. The number of furan rings is 1. The first-order valence-electron chi connectivity index (χ1n) is 6.84. The molecule has 6 nitrogen and oxygen atoms in total. The van der Waals surface area contributed by atoms with Crippen LogP contribution in [0.25, 0.3) is 11.1 Å². The van der Waals surface area contributed by atoms with Gasteiger partial charge in [0.15, 0.2) is 0 Å². The molecule has 0 radical (unpaired) electrons. The van der Waals surface area contributed by atoms with E-state index in [4.69, 9.17) is 13.9 Å². The third kappa shape index (κ3) is 2.55. The largest absolute Gasteiger partial charge is 0.497 e. The van der Waals surface area contributed by atoms with Gasteiger partial charge in [0, 0.05) is 6.07 Å². The van der Waals surface area contributed by atoms with Gasteiger partial charge in [0.1, 0.15) is 28.9 Å². The monoisotopic (exact) mass is 299 g/mol. The van der Waals surface area contributed by atoms with Crippen LogP contribution in [0.1, 0.15) is 11.6 Å². The number of hydrogen-bond donors (Lipinski definition) is 1. The molecule has 0 saturated heterocycles. The van der Waals surface area contributed by atoms with Crippen LogP contribution in [-0.4, -0.2) is 24.2 Å². The molecule has 0 aliphatic heterocycles. The summed E-state index contributed by atoms with van der Waals surface area (Å²) in [5.41, 5.74) is 1.36. The van der Waals surface area contributed by atoms with Crippen molar-refractivity contribution in [3.05, 3.63) is 35.9 Å². The van der Waals surface area contributed by atoms with E-state index in [0.717, 1.165) is 22.6 Å². The van der Waals surface area contributed by atoms with Crippen LogP contribution in [0.15, 0.2) is 28.7 Å². The summed E-state index contributed by atoms with van der Waals surface area (Å²) in [5, 5.41) is 4.11. The number of nitrogens with one attached hydrogen (secondary N) is 1. The molecule has 2 aromatic heterocycles. The Morgan fingerprint density at radius 1 is 1.05 bits per heavy atom. The normalized spacial score (nSPS) is 10.7. The van der Waals surface area contributed by atoms with Gasteiger partial charge < -0.3 is 19.2 Å². The molecule has 0 bridgehead atoms. The van der Waals surface area contributed by atoms with Gasteiger partial charge in [-0.25, -0.2) is 4.98 Å². The molecule has 0 amide bonds. The van der Waals surface area contributed by atoms with E-state index in [0.29, 0.717) is 23.1 Å². The van der Waals surface area contributed by atoms with Crippen molar-refractivity contribution in [2.24, 2.45) is 0 Å². The summed E-state index contributed by atoms with van der Waals surface area (Å²) in [5.74, 6) is 3.51. The van der Waals surface area contributed by atoms with E-state index in [2.05, 4.69) is 15.3 Å². The molecule has 1 N–H and O–H groups in total. The molecule has 3 rings (SSSR count). The molecule has 0 aliphatic rings. The van der Waals surface area contributed by atoms with Crippen molar-refractivity contribution in [3.63, 3.8) is 0 Å². The number of aromatic nitrogens is 2. The maximum absolute atomic E-state index is 5.58. The highest BCUT2D eigenvalue weighted by atomic mass is 16.5. The number of benzene rings is 1. The van der Waals surface area contributed by atoms with Crippen LogP contribution < -0.4 is 14.8 Å². The van der Waals surface area contributed by atoms with Gasteiger partial charge in [-0.15, -0.1) is 0 Å². The molecule has 114 valence electrons. The Balaban J connectivity index is 2.06. The SMILES string of the molecule is COc1ccc(Nc2nc(C)nc3oc(C)cc23)c(OC)c1. The maximum atomic E-state index is 5.58. The number of hydrogen-bond acceptors (Lipinski definition) is 6. The Kier molecular flexibility index (Phi) is 3.58. The predicted molar refractivity (Wildman–Crippen MR) is 84.1 cm³/mol. The fourth-order valence-corrected chi connectivity index (χ4v) is 2.27. The van der Waals surface area contributed by atoms with Crippen LogP contribution in [0.5, 0.6) is 11.5 Å². The first-order chi connectivity index (χ1) is 10.6. The van der Waals surface area contributed by atoms with E-state index >= 15 is 0 Å². The van der Waals surface area contributed by atoms with Crippen molar-refractivity contribution in [2.75, 3.05) is 19.5 Å². The molecule has 0 unspecified atom stereocenters. The predicted octanol–water partition coefficient (Wildman–Crippen LogP) is 3.60. The first-order valence-corrected chi connectivity index (χ1v) is 6.84. The molecule has 0 atom stereocenters. The van der Waals surface area contributed by atoms with Gasteiger partial charge in [-0.1, -0.05) is 0 Å². The third-order valence-electron chi connectivity index (χ3n) is 3.29. The Morgan fingerprint density at radius 3 is 2.59 bits per heavy atom. The third-order valence-corrected chi connectivity index (χ3v) is 3.29. The summed E-state index contributed by atoms with van der Waals surface area (Å²) in [6, 6.07) is 7.46. The van der Waals surface area contributed by atoms with Crippen molar-refractivity contribution < 1.29 is 13.9 Å². The van der Waals surface area contributed by atoms with Crippen LogP contribution in [-0.2, 0) is 0 Å². The number of aryl methyl sites for hydroxylation is 2. The van der Waals surface area contributed by atoms with Gasteiger partial charge in [0.05, 0.1) is 25.3 Å². The van der Waals surface area contributed by atoms with Crippen LogP contribution in [0, 0.1) is 13.8 Å². The quantitative estimate of drug-likeness (QED) is 0.793. The number of anilines is 2. The van der Waals surface area contributed by atoms with Crippen molar-refractivity contribution in [2.45, 2.75) is 13.8 Å². The molecule has 6 heteroatoms. The summed E-state index contributed by atoms with van der Waals surface area (Å²) < 4.78 is 16.2. The van der Waals surface area contributed by atoms with E-state index in [9.17, 15) is 0 Å². The van der Waals surface area contributed by atoms with Crippen molar-refractivity contribution in [3.8, 4) is 11.5 Å². The lowest BCUT2D eigenvalue weighted by Gasteiger charge is -2.12. The lowest BCUT2D eigenvalue weighted by Crippen LogP contribution is -2.00. The second-order valence-corrected chi connectivity index (χ2v) is 4.89. The van der Waals surface area contributed by atoms with Gasteiger partial charge >= 0.3 is 0 Å². The molecule has 0 fully saturated rings. The zero-order chi connectivity index (χ0) is 15.7. The Hall–Kier alpha value is -2.76. The van der Waals surface area contributed by atoms with Crippen LogP contribution in [0.2, 0.25) is 0 Å². The second-order valence-electron chi connectivity index (χ2n) is 4.89. The molecule has 2 heterocycles. The highest BCUT2D eigenvalue weighted by Crippen LogP contribution is 2.33. The molecule has 1 aromatic carbocycles. The van der Waals surface area contributed by atoms with Crippen molar-refractivity contribution in [1.29, 1.82) is 0 Å². The van der Waals surface area contributed by atoms with Gasteiger partial charge in [-0.2, -0.15) is 4.98 Å². The van der Waals surface area contributed by atoms with E-state index in [1.54, 1.807) is 14.2 Å². The van der Waals surface area contributed by atoms with Crippen LogP contribution in [0.4, 0.5) is 11.5 Å². The summed E-state index contributed by atoms with van der Waals surface area (Å²) in [6.45, 7) is 3.71. The molecule has 0 spiro atoms. The van der Waals surface area contributed by atoms with Gasteiger partial charge in [0.2, 0.25) is 5.71 Å². The average Bonchev–Trinajstić information content (AvgIpc) is 2.88. The topological polar surface area (TPSA) is 69.4 Å². The summed E-state index contributed by atoms with van der Waals surface area (Å²) in [6.07, 6.45) is 0. The number of nitrogens with zero attached hydrogens (tertiary/aromatic N) is 2. The van der Waals surface area contributed by atoms with E-state index in [1.165, 1.54) is 0 Å². The average molecular weight is 299 g/mol. The summed E-state index contributed by atoms with van der Waals surface area (Å²) in [7, 11) is 3.23. The molecule has 22 heavy (non-hydrogen) atoms. The van der Waals surface area contributed by atoms with Crippen LogP contribution in [0.3, 0.4) is 0 Å². The molecule has 3 aromatic rings. The molecule has 0 saturated carbocycles. The minimum absolute atomic E-state index is 0.569. The fraction of sp³-hybridized carbons (Fsp3) is 0.250. The zero-order valence-corrected chi connectivity index (χ0v) is 12.9. The van der Waals surface area contributed by atoms with E-state index < -0.39 is 0 Å². The second kappa shape index (κ2) is 5.55. The van der Waals surface area contributed by atoms with Crippen LogP contribution >= 0.6 is 0 Å². The fourth-order valence-electron chi connectivity index (χ4n) is 2.27. The van der Waals surface area contributed by atoms with Gasteiger partial charge in [-0.3, -0.25) is 0 Å². The number of methoxy groups -OCH3 is 2. The Morgan fingerprint density at radius 2 is 1.86 bits per heavy atom. The molecular formula is C16H17N3O3. The van der Waals surface area contributed by atoms with Crippen molar-refractivity contribution in [1.82, 2.24) is 9.97 Å². The van der Waals surface area contributed by atoms with Gasteiger partial charge in [-0.05, 0) is 32.0 Å². The zero-order valence-electron chi connectivity index (χ0n) is 12.9. The first kappa shape index (κ1) is 14.2. The van der Waals surface area contributed by atoms with E-state index in [1.807, 2.05) is 38.1 Å². The maximum Gasteiger partial charge on any atom is 0.231 e. The van der Waals surface area contributed by atoms with Gasteiger partial charge in [0.25, 0.3) is 0 Å². The Bertz CT molecular complexity index is 827. The number of fused-ring (bicyclic) bond motifs is 1. The lowest BCUT2D eigenvalue weighted by molar-refractivity contribution is 0.395.